The lowest BCUT2D eigenvalue weighted by molar-refractivity contribution is 0.112. The molecular formula is C16H22O2. The Hall–Kier alpha value is -1.31. The van der Waals surface area contributed by atoms with Gasteiger partial charge in [0.05, 0.1) is 6.61 Å². The summed E-state index contributed by atoms with van der Waals surface area (Å²) in [5.41, 5.74) is 0.978. The predicted molar refractivity (Wildman–Crippen MR) is 73.1 cm³/mol. The van der Waals surface area contributed by atoms with Crippen LogP contribution in [0.1, 0.15) is 55.8 Å². The molecule has 18 heavy (non-hydrogen) atoms. The summed E-state index contributed by atoms with van der Waals surface area (Å²) in [5, 5.41) is 0. The van der Waals surface area contributed by atoms with Crippen molar-refractivity contribution in [2.24, 2.45) is 5.41 Å². The Labute approximate surface area is 109 Å². The molecule has 1 aliphatic carbocycles. The molecule has 0 heterocycles. The van der Waals surface area contributed by atoms with Gasteiger partial charge < -0.3 is 4.74 Å². The van der Waals surface area contributed by atoms with Gasteiger partial charge in [0.15, 0.2) is 0 Å². The van der Waals surface area contributed by atoms with Crippen molar-refractivity contribution >= 4 is 6.29 Å². The van der Waals surface area contributed by atoms with E-state index in [9.17, 15) is 4.79 Å². The predicted octanol–water partition coefficient (Wildman–Crippen LogP) is 4.24. The van der Waals surface area contributed by atoms with Gasteiger partial charge in [-0.3, -0.25) is 4.79 Å². The molecule has 0 amide bonds. The molecule has 1 fully saturated rings. The van der Waals surface area contributed by atoms with Gasteiger partial charge in [0.1, 0.15) is 12.0 Å². The third-order valence-corrected chi connectivity index (χ3v) is 3.89. The highest BCUT2D eigenvalue weighted by Crippen LogP contribution is 2.35. The fraction of sp³-hybridized carbons (Fsp3) is 0.562. The number of aldehydes is 1. The maximum atomic E-state index is 10.7. The third-order valence-electron chi connectivity index (χ3n) is 3.89. The largest absolute Gasteiger partial charge is 0.493 e. The van der Waals surface area contributed by atoms with Crippen molar-refractivity contribution in [3.63, 3.8) is 0 Å². The topological polar surface area (TPSA) is 26.3 Å². The average molecular weight is 246 g/mol. The Balaban J connectivity index is 1.94. The zero-order valence-corrected chi connectivity index (χ0v) is 11.2. The van der Waals surface area contributed by atoms with Crippen LogP contribution < -0.4 is 4.74 Å². The van der Waals surface area contributed by atoms with Crippen LogP contribution in [-0.2, 0) is 0 Å². The molecule has 0 unspecified atom stereocenters. The Morgan fingerprint density at radius 3 is 2.61 bits per heavy atom. The second-order valence-electron chi connectivity index (χ2n) is 5.70. The van der Waals surface area contributed by atoms with E-state index < -0.39 is 0 Å². The van der Waals surface area contributed by atoms with Crippen LogP contribution in [0.5, 0.6) is 5.75 Å². The van der Waals surface area contributed by atoms with Crippen molar-refractivity contribution in [1.29, 1.82) is 0 Å². The molecule has 0 aliphatic heterocycles. The third kappa shape index (κ3) is 3.59. The highest BCUT2D eigenvalue weighted by atomic mass is 16.5. The summed E-state index contributed by atoms with van der Waals surface area (Å²) in [7, 11) is 0. The van der Waals surface area contributed by atoms with E-state index in [1.165, 1.54) is 38.5 Å². The average Bonchev–Trinajstić information content (AvgIpc) is 2.62. The van der Waals surface area contributed by atoms with Crippen LogP contribution in [0.25, 0.3) is 0 Å². The first-order valence-corrected chi connectivity index (χ1v) is 6.90. The minimum atomic E-state index is 0.299. The van der Waals surface area contributed by atoms with Gasteiger partial charge in [0.25, 0.3) is 0 Å². The smallest absolute Gasteiger partial charge is 0.150 e. The minimum Gasteiger partial charge on any atom is -0.493 e. The lowest BCUT2D eigenvalue weighted by atomic mass is 9.83. The zero-order valence-electron chi connectivity index (χ0n) is 11.2. The Morgan fingerprint density at radius 2 is 1.94 bits per heavy atom. The van der Waals surface area contributed by atoms with Crippen molar-refractivity contribution in [2.45, 2.75) is 45.4 Å². The van der Waals surface area contributed by atoms with Crippen LogP contribution in [0.15, 0.2) is 24.3 Å². The lowest BCUT2D eigenvalue weighted by Crippen LogP contribution is -2.24. The van der Waals surface area contributed by atoms with Gasteiger partial charge in [-0.2, -0.15) is 0 Å². The monoisotopic (exact) mass is 246 g/mol. The van der Waals surface area contributed by atoms with E-state index in [2.05, 4.69) is 6.92 Å². The molecule has 98 valence electrons. The second-order valence-corrected chi connectivity index (χ2v) is 5.70. The molecular weight excluding hydrogens is 224 g/mol. The van der Waals surface area contributed by atoms with Gasteiger partial charge in [0, 0.05) is 11.0 Å². The molecule has 1 saturated carbocycles. The van der Waals surface area contributed by atoms with Gasteiger partial charge >= 0.3 is 0 Å². The van der Waals surface area contributed by atoms with Crippen LogP contribution in [0, 0.1) is 5.41 Å². The molecule has 1 aromatic carbocycles. The highest BCUT2D eigenvalue weighted by molar-refractivity contribution is 5.75. The van der Waals surface area contributed by atoms with Crippen LogP contribution >= 0.6 is 0 Å². The fourth-order valence-electron chi connectivity index (χ4n) is 2.66. The highest BCUT2D eigenvalue weighted by Gasteiger charge is 2.26. The summed E-state index contributed by atoms with van der Waals surface area (Å²) in [6, 6.07) is 7.40. The quantitative estimate of drug-likeness (QED) is 0.586. The molecule has 0 spiro atoms. The van der Waals surface area contributed by atoms with Gasteiger partial charge in [-0.1, -0.05) is 44.7 Å². The summed E-state index contributed by atoms with van der Waals surface area (Å²) in [5.74, 6) is 0.810. The number of hydrogen-bond donors (Lipinski definition) is 0. The van der Waals surface area contributed by atoms with E-state index in [-0.39, 0.29) is 0 Å². The number of benzene rings is 1. The van der Waals surface area contributed by atoms with E-state index in [0.29, 0.717) is 11.0 Å². The van der Waals surface area contributed by atoms with Gasteiger partial charge in [-0.05, 0) is 25.0 Å². The molecule has 0 aromatic heterocycles. The van der Waals surface area contributed by atoms with Gasteiger partial charge in [-0.15, -0.1) is 0 Å². The molecule has 0 atom stereocenters. The van der Waals surface area contributed by atoms with E-state index in [4.69, 9.17) is 4.74 Å². The summed E-state index contributed by atoms with van der Waals surface area (Å²) >= 11 is 0. The van der Waals surface area contributed by atoms with Crippen LogP contribution in [-0.4, -0.2) is 12.9 Å². The summed E-state index contributed by atoms with van der Waals surface area (Å²) in [6.45, 7) is 3.08. The lowest BCUT2D eigenvalue weighted by Gasteiger charge is -2.28. The van der Waals surface area contributed by atoms with Crippen molar-refractivity contribution in [1.82, 2.24) is 0 Å². The molecule has 1 aromatic rings. The minimum absolute atomic E-state index is 0.299. The Bertz CT molecular complexity index is 390. The van der Waals surface area contributed by atoms with E-state index in [1.807, 2.05) is 18.2 Å². The van der Waals surface area contributed by atoms with Gasteiger partial charge in [0.2, 0.25) is 0 Å². The maximum absolute atomic E-state index is 10.7. The normalized spacial score (nSPS) is 18.9. The van der Waals surface area contributed by atoms with Crippen molar-refractivity contribution in [2.75, 3.05) is 6.61 Å². The van der Waals surface area contributed by atoms with Crippen molar-refractivity contribution in [3.05, 3.63) is 29.8 Å². The van der Waals surface area contributed by atoms with E-state index in [1.54, 1.807) is 6.07 Å². The summed E-state index contributed by atoms with van der Waals surface area (Å²) in [4.78, 5) is 10.7. The first-order valence-electron chi connectivity index (χ1n) is 6.90. The molecule has 0 bridgehead atoms. The Morgan fingerprint density at radius 1 is 1.22 bits per heavy atom. The second kappa shape index (κ2) is 6.03. The van der Waals surface area contributed by atoms with E-state index in [0.717, 1.165) is 18.6 Å². The fourth-order valence-corrected chi connectivity index (χ4v) is 2.66. The van der Waals surface area contributed by atoms with Crippen LogP contribution in [0.4, 0.5) is 0 Å². The molecule has 1 aliphatic rings. The first-order chi connectivity index (χ1) is 8.72. The van der Waals surface area contributed by atoms with Crippen molar-refractivity contribution in [3.8, 4) is 5.75 Å². The number of carbonyl (C=O) groups excluding carboxylic acids is 1. The molecule has 2 rings (SSSR count). The summed E-state index contributed by atoms with van der Waals surface area (Å²) < 4.78 is 5.89. The first kappa shape index (κ1) is 13.1. The zero-order chi connectivity index (χ0) is 12.8. The Kier molecular flexibility index (Phi) is 4.40. The number of hydrogen-bond acceptors (Lipinski definition) is 2. The molecule has 2 nitrogen and oxygen atoms in total. The number of carbonyl (C=O) groups is 1. The SMILES string of the molecule is CC1(COc2cccc(C=O)c2)CCCCCC1. The standard InChI is InChI=1S/C16H22O2/c1-16(9-4-2-3-5-10-16)13-18-15-8-6-7-14(11-15)12-17/h6-8,11-12H,2-5,9-10,13H2,1H3. The summed E-state index contributed by atoms with van der Waals surface area (Å²) in [6.07, 6.45) is 8.70. The molecule has 0 radical (unpaired) electrons. The molecule has 0 saturated heterocycles. The van der Waals surface area contributed by atoms with Gasteiger partial charge in [-0.25, -0.2) is 0 Å². The number of rotatable bonds is 4. The molecule has 0 N–H and O–H groups in total. The van der Waals surface area contributed by atoms with Crippen LogP contribution in [0.3, 0.4) is 0 Å². The van der Waals surface area contributed by atoms with Crippen LogP contribution in [0.2, 0.25) is 0 Å². The van der Waals surface area contributed by atoms with Crippen molar-refractivity contribution < 1.29 is 9.53 Å². The maximum Gasteiger partial charge on any atom is 0.150 e. The molecule has 2 heteroatoms. The van der Waals surface area contributed by atoms with E-state index >= 15 is 0 Å². The number of ether oxygens (including phenoxy) is 1.